The maximum absolute atomic E-state index is 13.1. The van der Waals surface area contributed by atoms with Crippen LogP contribution in [0.5, 0.6) is 0 Å². The molecule has 0 radical (unpaired) electrons. The number of phosphoric acid groups is 2. The Kier molecular flexibility index (Phi) is 64.9. The topological polar surface area (TPSA) is 237 Å². The Labute approximate surface area is 562 Å². The van der Waals surface area contributed by atoms with Crippen LogP contribution in [0.2, 0.25) is 0 Å². The minimum atomic E-state index is -4.95. The van der Waals surface area contributed by atoms with Gasteiger partial charge in [0, 0.05) is 25.7 Å². The first-order chi connectivity index (χ1) is 44.6. The Morgan fingerprint density at radius 2 is 0.522 bits per heavy atom. The molecule has 92 heavy (non-hydrogen) atoms. The third kappa shape index (κ3) is 65.4. The van der Waals surface area contributed by atoms with Gasteiger partial charge in [-0.2, -0.15) is 0 Å². The molecule has 0 spiro atoms. The second-order valence-electron chi connectivity index (χ2n) is 26.6. The standard InChI is InChI=1S/C73H142O17P2/c1-6-10-13-16-19-22-24-26-28-30-32-37-42-47-52-57-71(76)84-63-69(90-72(77)58-53-48-43-38-33-31-29-27-25-23-20-17-14-11-7-2)65-88-92(81,82)86-61-67(74)60-85-91(79,80)87-64-68(62-83-70(75)56-51-46-41-21-18-15-12-8-3)89-73(78)59-54-49-44-39-35-34-36-40-45-50-55-66(5)9-4/h66-69,74H,6-65H2,1-5H3,(H,79,80)(H,81,82)/t66?,67-,68+,69+/m0/s1. The number of carbonyl (C=O) groups is 4. The summed E-state index contributed by atoms with van der Waals surface area (Å²) in [5.41, 5.74) is 0. The van der Waals surface area contributed by atoms with Crippen molar-refractivity contribution in [2.45, 2.75) is 400 Å². The van der Waals surface area contributed by atoms with E-state index < -0.39 is 97.5 Å². The van der Waals surface area contributed by atoms with Crippen molar-refractivity contribution >= 4 is 39.5 Å². The molecule has 3 N–H and O–H groups in total. The van der Waals surface area contributed by atoms with E-state index in [2.05, 4.69) is 34.6 Å². The molecular formula is C73H142O17P2. The number of hydrogen-bond acceptors (Lipinski definition) is 15. The van der Waals surface area contributed by atoms with Gasteiger partial charge < -0.3 is 33.8 Å². The summed E-state index contributed by atoms with van der Waals surface area (Å²) in [6.07, 6.45) is 54.0. The largest absolute Gasteiger partial charge is 0.472 e. The number of unbranched alkanes of at least 4 members (excludes halogenated alkanes) is 44. The maximum Gasteiger partial charge on any atom is 0.472 e. The Morgan fingerprint density at radius 3 is 0.772 bits per heavy atom. The van der Waals surface area contributed by atoms with Crippen molar-refractivity contribution in [3.8, 4) is 0 Å². The highest BCUT2D eigenvalue weighted by Crippen LogP contribution is 2.45. The van der Waals surface area contributed by atoms with Gasteiger partial charge in [-0.1, -0.05) is 330 Å². The summed E-state index contributed by atoms with van der Waals surface area (Å²) in [4.78, 5) is 72.6. The molecule has 0 heterocycles. The third-order valence-corrected chi connectivity index (χ3v) is 19.3. The van der Waals surface area contributed by atoms with Crippen molar-refractivity contribution in [2.75, 3.05) is 39.6 Å². The fourth-order valence-corrected chi connectivity index (χ4v) is 12.7. The van der Waals surface area contributed by atoms with Gasteiger partial charge in [-0.15, -0.1) is 0 Å². The third-order valence-electron chi connectivity index (χ3n) is 17.4. The first-order valence-electron chi connectivity index (χ1n) is 38.2. The zero-order chi connectivity index (χ0) is 67.7. The van der Waals surface area contributed by atoms with Crippen LogP contribution in [0.3, 0.4) is 0 Å². The number of rotatable bonds is 73. The predicted molar refractivity (Wildman–Crippen MR) is 372 cm³/mol. The summed E-state index contributed by atoms with van der Waals surface area (Å²) in [7, 11) is -9.90. The van der Waals surface area contributed by atoms with E-state index in [9.17, 15) is 43.2 Å². The van der Waals surface area contributed by atoms with Crippen LogP contribution in [-0.2, 0) is 65.4 Å². The molecule has 0 aromatic heterocycles. The van der Waals surface area contributed by atoms with E-state index in [1.54, 1.807) is 0 Å². The lowest BCUT2D eigenvalue weighted by atomic mass is 9.99. The van der Waals surface area contributed by atoms with Crippen LogP contribution in [-0.4, -0.2) is 96.7 Å². The number of ether oxygens (including phenoxy) is 4. The molecule has 0 aromatic rings. The molecule has 0 aromatic carbocycles. The highest BCUT2D eigenvalue weighted by molar-refractivity contribution is 7.47. The summed E-state index contributed by atoms with van der Waals surface area (Å²) >= 11 is 0. The Bertz CT molecular complexity index is 1770. The highest BCUT2D eigenvalue weighted by Gasteiger charge is 2.30. The molecule has 0 saturated carbocycles. The minimum Gasteiger partial charge on any atom is -0.462 e. The van der Waals surface area contributed by atoms with Crippen LogP contribution in [0.4, 0.5) is 0 Å². The second-order valence-corrected chi connectivity index (χ2v) is 29.5. The number of esters is 4. The first-order valence-corrected chi connectivity index (χ1v) is 41.2. The zero-order valence-electron chi connectivity index (χ0n) is 59.7. The van der Waals surface area contributed by atoms with Gasteiger partial charge in [-0.3, -0.25) is 37.3 Å². The average molecular weight is 1350 g/mol. The Morgan fingerprint density at radius 1 is 0.304 bits per heavy atom. The maximum atomic E-state index is 13.1. The summed E-state index contributed by atoms with van der Waals surface area (Å²) < 4.78 is 68.4. The lowest BCUT2D eigenvalue weighted by Gasteiger charge is -2.21. The Hall–Kier alpha value is -1.94. The molecule has 0 saturated heterocycles. The van der Waals surface area contributed by atoms with E-state index in [0.717, 1.165) is 102 Å². The highest BCUT2D eigenvalue weighted by atomic mass is 31.2. The molecule has 0 aliphatic carbocycles. The van der Waals surface area contributed by atoms with Gasteiger partial charge in [0.05, 0.1) is 26.4 Å². The molecule has 19 heteroatoms. The predicted octanol–water partition coefficient (Wildman–Crippen LogP) is 21.3. The van der Waals surface area contributed by atoms with Gasteiger partial charge in [0.25, 0.3) is 0 Å². The lowest BCUT2D eigenvalue weighted by Crippen LogP contribution is -2.30. The van der Waals surface area contributed by atoms with Gasteiger partial charge in [-0.05, 0) is 31.6 Å². The van der Waals surface area contributed by atoms with Crippen LogP contribution < -0.4 is 0 Å². The molecule has 0 aliphatic rings. The number of phosphoric ester groups is 2. The molecule has 0 fully saturated rings. The number of aliphatic hydroxyl groups is 1. The number of hydrogen-bond donors (Lipinski definition) is 3. The van der Waals surface area contributed by atoms with Gasteiger partial charge in [-0.25, -0.2) is 9.13 Å². The molecular weight excluding hydrogens is 1210 g/mol. The normalized spacial score (nSPS) is 14.3. The van der Waals surface area contributed by atoms with E-state index in [1.807, 2.05) is 0 Å². The zero-order valence-corrected chi connectivity index (χ0v) is 61.5. The van der Waals surface area contributed by atoms with Crippen LogP contribution >= 0.6 is 15.6 Å². The van der Waals surface area contributed by atoms with Gasteiger partial charge in [0.2, 0.25) is 0 Å². The fraction of sp³-hybridized carbons (Fsp3) is 0.945. The number of carbonyl (C=O) groups excluding carboxylic acids is 4. The van der Waals surface area contributed by atoms with E-state index in [4.69, 9.17) is 37.0 Å². The monoisotopic (exact) mass is 1350 g/mol. The summed E-state index contributed by atoms with van der Waals surface area (Å²) in [5, 5.41) is 10.6. The lowest BCUT2D eigenvalue weighted by molar-refractivity contribution is -0.161. The SMILES string of the molecule is CCCCCCCCCCCCCCCCCC(=O)OC[C@H](COP(=O)(O)OC[C@@H](O)COP(=O)(O)OC[C@@H](COC(=O)CCCCCCCCCC)OC(=O)CCCCCCCCCCCCC(C)CC)OC(=O)CCCCCCCCCCCCCCCCC. The molecule has 0 aliphatic heterocycles. The second kappa shape index (κ2) is 66.3. The smallest absolute Gasteiger partial charge is 0.462 e. The van der Waals surface area contributed by atoms with Gasteiger partial charge in [0.15, 0.2) is 12.2 Å². The molecule has 546 valence electrons. The molecule has 3 unspecified atom stereocenters. The average Bonchev–Trinajstić information content (AvgIpc) is 3.54. The van der Waals surface area contributed by atoms with E-state index >= 15 is 0 Å². The van der Waals surface area contributed by atoms with Crippen LogP contribution in [0.1, 0.15) is 381 Å². The molecule has 0 amide bonds. The Balaban J connectivity index is 5.22. The van der Waals surface area contributed by atoms with Crippen molar-refractivity contribution in [2.24, 2.45) is 5.92 Å². The van der Waals surface area contributed by atoms with Gasteiger partial charge >= 0.3 is 39.5 Å². The summed E-state index contributed by atoms with van der Waals surface area (Å²) in [6.45, 7) is 7.28. The molecule has 0 rings (SSSR count). The van der Waals surface area contributed by atoms with Crippen molar-refractivity contribution in [3.05, 3.63) is 0 Å². The van der Waals surface area contributed by atoms with E-state index in [0.29, 0.717) is 25.7 Å². The number of aliphatic hydroxyl groups excluding tert-OH is 1. The van der Waals surface area contributed by atoms with Crippen molar-refractivity contribution < 1.29 is 80.2 Å². The van der Waals surface area contributed by atoms with Crippen LogP contribution in [0.25, 0.3) is 0 Å². The van der Waals surface area contributed by atoms with Gasteiger partial charge in [0.1, 0.15) is 19.3 Å². The fourth-order valence-electron chi connectivity index (χ4n) is 11.1. The van der Waals surface area contributed by atoms with Crippen LogP contribution in [0, 0.1) is 5.92 Å². The van der Waals surface area contributed by atoms with Crippen molar-refractivity contribution in [1.29, 1.82) is 0 Å². The minimum absolute atomic E-state index is 0.106. The molecule has 6 atom stereocenters. The van der Waals surface area contributed by atoms with E-state index in [-0.39, 0.29) is 25.7 Å². The quantitative estimate of drug-likeness (QED) is 0.0222. The van der Waals surface area contributed by atoms with Crippen molar-refractivity contribution in [3.63, 3.8) is 0 Å². The summed E-state index contributed by atoms with van der Waals surface area (Å²) in [6, 6.07) is 0. The van der Waals surface area contributed by atoms with Crippen molar-refractivity contribution in [1.82, 2.24) is 0 Å². The molecule has 0 bridgehead atoms. The first kappa shape index (κ1) is 90.1. The van der Waals surface area contributed by atoms with E-state index in [1.165, 1.54) is 199 Å². The summed E-state index contributed by atoms with van der Waals surface area (Å²) in [5.74, 6) is -1.31. The van der Waals surface area contributed by atoms with Crippen LogP contribution in [0.15, 0.2) is 0 Å². The molecule has 17 nitrogen and oxygen atoms in total.